The Labute approximate surface area is 180 Å². The van der Waals surface area contributed by atoms with Crippen molar-refractivity contribution in [2.75, 3.05) is 13.6 Å². The van der Waals surface area contributed by atoms with Crippen LogP contribution in [0, 0.1) is 5.92 Å². The fourth-order valence-corrected chi connectivity index (χ4v) is 3.67. The molecule has 1 fully saturated rings. The lowest BCUT2D eigenvalue weighted by atomic mass is 10.0. The number of halogens is 6. The van der Waals surface area contributed by atoms with E-state index in [9.17, 15) is 35.9 Å². The van der Waals surface area contributed by atoms with Crippen LogP contribution >= 0.6 is 0 Å². The molecule has 1 saturated heterocycles. The topological polar surface area (TPSA) is 40.6 Å². The smallest absolute Gasteiger partial charge is 0.341 e. The molecule has 4 nitrogen and oxygen atoms in total. The van der Waals surface area contributed by atoms with Gasteiger partial charge in [0.05, 0.1) is 17.0 Å². The second-order valence-electron chi connectivity index (χ2n) is 7.77. The molecule has 2 aromatic rings. The predicted octanol–water partition coefficient (Wildman–Crippen LogP) is 4.73. The van der Waals surface area contributed by atoms with Crippen LogP contribution in [0.25, 0.3) is 0 Å². The van der Waals surface area contributed by atoms with Crippen LogP contribution in [0.5, 0.6) is 0 Å². The van der Waals surface area contributed by atoms with Crippen molar-refractivity contribution in [1.29, 1.82) is 0 Å². The van der Waals surface area contributed by atoms with Crippen LogP contribution in [0.2, 0.25) is 0 Å². The maximum Gasteiger partial charge on any atom is 0.416 e. The van der Waals surface area contributed by atoms with E-state index in [2.05, 4.69) is 0 Å². The van der Waals surface area contributed by atoms with Gasteiger partial charge in [0.2, 0.25) is 11.8 Å². The summed E-state index contributed by atoms with van der Waals surface area (Å²) in [5.41, 5.74) is -2.30. The highest BCUT2D eigenvalue weighted by Gasteiger charge is 2.39. The summed E-state index contributed by atoms with van der Waals surface area (Å²) >= 11 is 0. The summed E-state index contributed by atoms with van der Waals surface area (Å²) < 4.78 is 78.4. The molecule has 32 heavy (non-hydrogen) atoms. The SMILES string of the molecule is CN(Cc1ccccc1)C(=O)[C@@H]1CC(=O)N(Cc2cc(C(F)(F)F)cc(C(F)(F)F)c2)C1. The number of benzene rings is 2. The molecule has 0 radical (unpaired) electrons. The maximum atomic E-state index is 13.1. The molecular weight excluding hydrogens is 438 g/mol. The Bertz CT molecular complexity index is 956. The van der Waals surface area contributed by atoms with Gasteiger partial charge in [0, 0.05) is 33.1 Å². The van der Waals surface area contributed by atoms with E-state index >= 15 is 0 Å². The number of hydrogen-bond donors (Lipinski definition) is 0. The first-order valence-corrected chi connectivity index (χ1v) is 9.69. The molecule has 10 heteroatoms. The molecule has 0 spiro atoms. The van der Waals surface area contributed by atoms with Crippen molar-refractivity contribution in [3.8, 4) is 0 Å². The summed E-state index contributed by atoms with van der Waals surface area (Å²) in [5.74, 6) is -1.53. The van der Waals surface area contributed by atoms with Crippen molar-refractivity contribution >= 4 is 11.8 Å². The van der Waals surface area contributed by atoms with Gasteiger partial charge < -0.3 is 9.80 Å². The zero-order valence-electron chi connectivity index (χ0n) is 17.0. The van der Waals surface area contributed by atoms with Crippen LogP contribution in [0.1, 0.15) is 28.7 Å². The standard InChI is InChI=1S/C22H20F6N2O2/c1-29(11-14-5-3-2-4-6-14)20(32)16-9-19(31)30(13-16)12-15-7-17(21(23,24)25)10-18(8-15)22(26,27)28/h2-8,10,16H,9,11-13H2,1H3/t16-/m1/s1. The fraction of sp³-hybridized carbons (Fsp3) is 0.364. The first kappa shape index (κ1) is 23.6. The average molecular weight is 458 g/mol. The van der Waals surface area contributed by atoms with E-state index in [-0.39, 0.29) is 30.5 Å². The molecule has 1 aliphatic heterocycles. The van der Waals surface area contributed by atoms with Crippen molar-refractivity contribution in [3.05, 3.63) is 70.8 Å². The minimum Gasteiger partial charge on any atom is -0.341 e. The van der Waals surface area contributed by atoms with Crippen LogP contribution in [0.3, 0.4) is 0 Å². The Hall–Kier alpha value is -3.04. The Morgan fingerprint density at radius 1 is 0.969 bits per heavy atom. The molecule has 0 unspecified atom stereocenters. The molecule has 1 heterocycles. The number of carbonyl (C=O) groups is 2. The van der Waals surface area contributed by atoms with Gasteiger partial charge in [0.15, 0.2) is 0 Å². The number of rotatable bonds is 5. The fourth-order valence-electron chi connectivity index (χ4n) is 3.67. The molecule has 2 aromatic carbocycles. The lowest BCUT2D eigenvalue weighted by Crippen LogP contribution is -2.34. The lowest BCUT2D eigenvalue weighted by molar-refractivity contribution is -0.143. The number of likely N-dealkylation sites (tertiary alicyclic amines) is 1. The second kappa shape index (κ2) is 8.84. The third-order valence-corrected chi connectivity index (χ3v) is 5.22. The zero-order chi connectivity index (χ0) is 23.7. The highest BCUT2D eigenvalue weighted by Crippen LogP contribution is 2.37. The summed E-state index contributed by atoms with van der Waals surface area (Å²) in [7, 11) is 1.57. The van der Waals surface area contributed by atoms with Gasteiger partial charge in [0.25, 0.3) is 0 Å². The van der Waals surface area contributed by atoms with Crippen molar-refractivity contribution in [2.24, 2.45) is 5.92 Å². The van der Waals surface area contributed by atoms with E-state index in [0.29, 0.717) is 18.7 Å². The Kier molecular flexibility index (Phi) is 6.52. The molecular formula is C22H20F6N2O2. The van der Waals surface area contributed by atoms with Crippen molar-refractivity contribution < 1.29 is 35.9 Å². The minimum absolute atomic E-state index is 0.0418. The molecule has 3 rings (SSSR count). The van der Waals surface area contributed by atoms with Gasteiger partial charge in [0.1, 0.15) is 0 Å². The maximum absolute atomic E-state index is 13.1. The third-order valence-electron chi connectivity index (χ3n) is 5.22. The molecule has 1 atom stereocenters. The monoisotopic (exact) mass is 458 g/mol. The minimum atomic E-state index is -4.97. The number of carbonyl (C=O) groups excluding carboxylic acids is 2. The van der Waals surface area contributed by atoms with Crippen LogP contribution in [0.4, 0.5) is 26.3 Å². The van der Waals surface area contributed by atoms with Crippen molar-refractivity contribution in [2.45, 2.75) is 31.9 Å². The number of amides is 2. The largest absolute Gasteiger partial charge is 0.416 e. The van der Waals surface area contributed by atoms with Gasteiger partial charge in [-0.05, 0) is 29.3 Å². The van der Waals surface area contributed by atoms with E-state index in [1.54, 1.807) is 7.05 Å². The molecule has 0 N–H and O–H groups in total. The number of alkyl halides is 6. The Morgan fingerprint density at radius 3 is 2.06 bits per heavy atom. The number of hydrogen-bond acceptors (Lipinski definition) is 2. The molecule has 2 amide bonds. The van der Waals surface area contributed by atoms with E-state index in [1.807, 2.05) is 30.3 Å². The van der Waals surface area contributed by atoms with E-state index in [0.717, 1.165) is 10.5 Å². The Balaban J connectivity index is 1.73. The summed E-state index contributed by atoms with van der Waals surface area (Å²) in [5, 5.41) is 0. The summed E-state index contributed by atoms with van der Waals surface area (Å²) in [6.45, 7) is -0.209. The first-order valence-electron chi connectivity index (χ1n) is 9.69. The van der Waals surface area contributed by atoms with Crippen molar-refractivity contribution in [1.82, 2.24) is 9.80 Å². The average Bonchev–Trinajstić information content (AvgIpc) is 3.06. The third kappa shape index (κ3) is 5.60. The second-order valence-corrected chi connectivity index (χ2v) is 7.77. The zero-order valence-corrected chi connectivity index (χ0v) is 17.0. The van der Waals surface area contributed by atoms with Gasteiger partial charge in [-0.3, -0.25) is 9.59 Å². The summed E-state index contributed by atoms with van der Waals surface area (Å²) in [4.78, 5) is 27.6. The van der Waals surface area contributed by atoms with Gasteiger partial charge in [-0.2, -0.15) is 26.3 Å². The molecule has 0 aromatic heterocycles. The lowest BCUT2D eigenvalue weighted by Gasteiger charge is -2.22. The highest BCUT2D eigenvalue weighted by atomic mass is 19.4. The molecule has 0 aliphatic carbocycles. The van der Waals surface area contributed by atoms with Crippen LogP contribution < -0.4 is 0 Å². The van der Waals surface area contributed by atoms with E-state index < -0.39 is 41.8 Å². The van der Waals surface area contributed by atoms with Crippen LogP contribution in [-0.4, -0.2) is 35.2 Å². The van der Waals surface area contributed by atoms with Gasteiger partial charge >= 0.3 is 12.4 Å². The van der Waals surface area contributed by atoms with Crippen molar-refractivity contribution in [3.63, 3.8) is 0 Å². The molecule has 0 saturated carbocycles. The predicted molar refractivity (Wildman–Crippen MR) is 103 cm³/mol. The molecule has 1 aliphatic rings. The van der Waals surface area contributed by atoms with Gasteiger partial charge in [-0.25, -0.2) is 0 Å². The van der Waals surface area contributed by atoms with Crippen LogP contribution in [-0.2, 0) is 35.0 Å². The summed E-state index contributed by atoms with van der Waals surface area (Å²) in [6.07, 6.45) is -10.1. The summed E-state index contributed by atoms with van der Waals surface area (Å²) in [6, 6.07) is 10.4. The molecule has 0 bridgehead atoms. The van der Waals surface area contributed by atoms with E-state index in [4.69, 9.17) is 0 Å². The highest BCUT2D eigenvalue weighted by molar-refractivity contribution is 5.89. The Morgan fingerprint density at radius 2 is 1.53 bits per heavy atom. The van der Waals surface area contributed by atoms with E-state index in [1.165, 1.54) is 4.90 Å². The quantitative estimate of drug-likeness (QED) is 0.608. The van der Waals surface area contributed by atoms with Crippen LogP contribution in [0.15, 0.2) is 48.5 Å². The first-order chi connectivity index (χ1) is 14.8. The van der Waals surface area contributed by atoms with Gasteiger partial charge in [-0.1, -0.05) is 30.3 Å². The molecule has 172 valence electrons. The number of nitrogens with zero attached hydrogens (tertiary/aromatic N) is 2. The normalized spacial score (nSPS) is 17.0. The van der Waals surface area contributed by atoms with Gasteiger partial charge in [-0.15, -0.1) is 0 Å².